The van der Waals surface area contributed by atoms with E-state index in [-0.39, 0.29) is 23.3 Å². The number of anilines is 1. The minimum atomic E-state index is -0.421. The molecule has 0 unspecified atom stereocenters. The lowest BCUT2D eigenvalue weighted by Crippen LogP contribution is -2.57. The highest BCUT2D eigenvalue weighted by Gasteiger charge is 2.23. The Morgan fingerprint density at radius 1 is 1.58 bits per heavy atom. The van der Waals surface area contributed by atoms with Crippen LogP contribution in [0.15, 0.2) is 18.2 Å². The lowest BCUT2D eigenvalue weighted by atomic mass is 10.1. The molecular weight excluding hydrogens is 292 g/mol. The Morgan fingerprint density at radius 3 is 2.79 bits per heavy atom. The predicted molar refractivity (Wildman–Crippen MR) is 76.6 cm³/mol. The van der Waals surface area contributed by atoms with Crippen LogP contribution in [0.4, 0.5) is 10.1 Å². The fraction of sp³-hybridized carbons (Fsp3) is 0.417. The van der Waals surface area contributed by atoms with Crippen molar-refractivity contribution >= 4 is 35.6 Å². The van der Waals surface area contributed by atoms with Crippen LogP contribution in [0.5, 0.6) is 0 Å². The minimum absolute atomic E-state index is 0. The molecule has 4 nitrogen and oxygen atoms in total. The van der Waals surface area contributed by atoms with Gasteiger partial charge in [-0.25, -0.2) is 4.39 Å². The maximum absolute atomic E-state index is 12.8. The molecule has 1 amide bonds. The predicted octanol–water partition coefficient (Wildman–Crippen LogP) is 1.74. The van der Waals surface area contributed by atoms with E-state index in [0.717, 1.165) is 13.1 Å². The number of nitrogens with one attached hydrogen (secondary N) is 2. The summed E-state index contributed by atoms with van der Waals surface area (Å²) in [6, 6.07) is 4.30. The first kappa shape index (κ1) is 16.2. The van der Waals surface area contributed by atoms with Crippen LogP contribution in [0.1, 0.15) is 0 Å². The molecule has 2 rings (SSSR count). The van der Waals surface area contributed by atoms with Crippen molar-refractivity contribution in [3.63, 3.8) is 0 Å². The van der Waals surface area contributed by atoms with E-state index in [1.54, 1.807) is 0 Å². The van der Waals surface area contributed by atoms with Gasteiger partial charge in [0.2, 0.25) is 5.91 Å². The van der Waals surface area contributed by atoms with Gasteiger partial charge in [-0.2, -0.15) is 0 Å². The van der Waals surface area contributed by atoms with Crippen molar-refractivity contribution in [2.75, 3.05) is 32.0 Å². The molecule has 0 aliphatic carbocycles. The molecule has 1 heterocycles. The zero-order chi connectivity index (χ0) is 13.1. The van der Waals surface area contributed by atoms with Gasteiger partial charge in [-0.3, -0.25) is 9.69 Å². The van der Waals surface area contributed by atoms with Gasteiger partial charge in [0.15, 0.2) is 0 Å². The highest BCUT2D eigenvalue weighted by molar-refractivity contribution is 6.33. The van der Waals surface area contributed by atoms with Crippen LogP contribution < -0.4 is 10.6 Å². The number of amides is 1. The van der Waals surface area contributed by atoms with E-state index in [4.69, 9.17) is 11.6 Å². The van der Waals surface area contributed by atoms with E-state index in [2.05, 4.69) is 10.6 Å². The van der Waals surface area contributed by atoms with Crippen molar-refractivity contribution in [3.8, 4) is 0 Å². The molecule has 0 atom stereocenters. The Kier molecular flexibility index (Phi) is 6.00. The van der Waals surface area contributed by atoms with Crippen LogP contribution in [-0.4, -0.2) is 43.5 Å². The van der Waals surface area contributed by atoms with Gasteiger partial charge < -0.3 is 10.6 Å². The normalized spacial score (nSPS) is 14.7. The minimum Gasteiger partial charge on any atom is -0.324 e. The quantitative estimate of drug-likeness (QED) is 0.890. The van der Waals surface area contributed by atoms with Crippen molar-refractivity contribution in [3.05, 3.63) is 29.0 Å². The maximum atomic E-state index is 12.8. The van der Waals surface area contributed by atoms with Crippen LogP contribution in [-0.2, 0) is 4.79 Å². The van der Waals surface area contributed by atoms with Crippen molar-refractivity contribution in [2.24, 2.45) is 0 Å². The Hall–Kier alpha value is -0.880. The molecular formula is C12H16Cl2FN3O. The summed E-state index contributed by atoms with van der Waals surface area (Å²) in [5, 5.41) is 6.02. The van der Waals surface area contributed by atoms with Gasteiger partial charge in [-0.1, -0.05) is 11.6 Å². The third-order valence-corrected chi connectivity index (χ3v) is 3.29. The highest BCUT2D eigenvalue weighted by Crippen LogP contribution is 2.22. The molecule has 106 valence electrons. The number of benzene rings is 1. The van der Waals surface area contributed by atoms with Gasteiger partial charge in [0.05, 0.1) is 17.3 Å². The van der Waals surface area contributed by atoms with Gasteiger partial charge in [-0.05, 0) is 25.2 Å². The fourth-order valence-electron chi connectivity index (χ4n) is 1.72. The van der Waals surface area contributed by atoms with Crippen LogP contribution in [0.2, 0.25) is 5.02 Å². The highest BCUT2D eigenvalue weighted by atomic mass is 35.5. The van der Waals surface area contributed by atoms with E-state index in [0.29, 0.717) is 18.3 Å². The third kappa shape index (κ3) is 4.31. The largest absolute Gasteiger partial charge is 0.324 e. The van der Waals surface area contributed by atoms with E-state index < -0.39 is 5.82 Å². The van der Waals surface area contributed by atoms with Gasteiger partial charge in [0, 0.05) is 19.1 Å². The summed E-state index contributed by atoms with van der Waals surface area (Å²) in [5.41, 5.74) is 0.434. The van der Waals surface area contributed by atoms with Crippen molar-refractivity contribution < 1.29 is 9.18 Å². The molecule has 1 saturated heterocycles. The summed E-state index contributed by atoms with van der Waals surface area (Å²) >= 11 is 5.83. The molecule has 0 bridgehead atoms. The number of rotatable bonds is 4. The molecule has 19 heavy (non-hydrogen) atoms. The fourth-order valence-corrected chi connectivity index (χ4v) is 1.94. The number of likely N-dealkylation sites (N-methyl/N-ethyl adjacent to an activating group) is 1. The van der Waals surface area contributed by atoms with E-state index in [9.17, 15) is 9.18 Å². The van der Waals surface area contributed by atoms with Crippen LogP contribution in [0.25, 0.3) is 0 Å². The first-order valence-corrected chi connectivity index (χ1v) is 6.10. The molecule has 1 aliphatic rings. The molecule has 7 heteroatoms. The van der Waals surface area contributed by atoms with E-state index >= 15 is 0 Å². The molecule has 2 N–H and O–H groups in total. The number of hydrogen-bond acceptors (Lipinski definition) is 3. The SMILES string of the molecule is CN(CC(=O)Nc1ccc(F)cc1Cl)C1CNC1.Cl. The summed E-state index contributed by atoms with van der Waals surface area (Å²) in [6.07, 6.45) is 0. The zero-order valence-electron chi connectivity index (χ0n) is 10.5. The maximum Gasteiger partial charge on any atom is 0.238 e. The summed E-state index contributed by atoms with van der Waals surface area (Å²) in [7, 11) is 1.90. The van der Waals surface area contributed by atoms with Crippen LogP contribution in [0.3, 0.4) is 0 Å². The standard InChI is InChI=1S/C12H15ClFN3O.ClH/c1-17(9-5-15-6-9)7-12(18)16-11-3-2-8(14)4-10(11)13;/h2-4,9,15H,5-7H2,1H3,(H,16,18);1H. The number of hydrogen-bond donors (Lipinski definition) is 2. The van der Waals surface area contributed by atoms with Crippen molar-refractivity contribution in [1.29, 1.82) is 0 Å². The number of carbonyl (C=O) groups is 1. The molecule has 1 aliphatic heterocycles. The molecule has 1 fully saturated rings. The van der Waals surface area contributed by atoms with Gasteiger partial charge >= 0.3 is 0 Å². The van der Waals surface area contributed by atoms with Crippen molar-refractivity contribution in [2.45, 2.75) is 6.04 Å². The molecule has 0 radical (unpaired) electrons. The third-order valence-electron chi connectivity index (χ3n) is 2.98. The molecule has 0 spiro atoms. The molecule has 1 aromatic carbocycles. The Labute approximate surface area is 122 Å². The Bertz CT molecular complexity index is 455. The van der Waals surface area contributed by atoms with E-state index in [1.165, 1.54) is 18.2 Å². The Balaban J connectivity index is 0.00000180. The summed E-state index contributed by atoms with van der Waals surface area (Å²) in [6.45, 7) is 2.10. The molecule has 0 aromatic heterocycles. The molecule has 1 aromatic rings. The zero-order valence-corrected chi connectivity index (χ0v) is 12.0. The van der Waals surface area contributed by atoms with Crippen LogP contribution in [0, 0.1) is 5.82 Å². The monoisotopic (exact) mass is 307 g/mol. The first-order chi connectivity index (χ1) is 8.56. The second-order valence-corrected chi connectivity index (χ2v) is 4.81. The van der Waals surface area contributed by atoms with Crippen molar-refractivity contribution in [1.82, 2.24) is 10.2 Å². The van der Waals surface area contributed by atoms with Gasteiger partial charge in [0.1, 0.15) is 5.82 Å². The number of halogens is 3. The Morgan fingerprint density at radius 2 is 2.26 bits per heavy atom. The first-order valence-electron chi connectivity index (χ1n) is 5.72. The average Bonchev–Trinajstić information content (AvgIpc) is 2.19. The summed E-state index contributed by atoms with van der Waals surface area (Å²) < 4.78 is 12.8. The van der Waals surface area contributed by atoms with Crippen LogP contribution >= 0.6 is 24.0 Å². The number of carbonyl (C=O) groups excluding carboxylic acids is 1. The summed E-state index contributed by atoms with van der Waals surface area (Å²) in [5.74, 6) is -0.575. The second-order valence-electron chi connectivity index (χ2n) is 4.40. The number of nitrogens with zero attached hydrogens (tertiary/aromatic N) is 1. The topological polar surface area (TPSA) is 44.4 Å². The summed E-state index contributed by atoms with van der Waals surface area (Å²) in [4.78, 5) is 13.8. The lowest BCUT2D eigenvalue weighted by Gasteiger charge is -2.35. The average molecular weight is 308 g/mol. The van der Waals surface area contributed by atoms with Gasteiger partial charge in [-0.15, -0.1) is 12.4 Å². The van der Waals surface area contributed by atoms with Gasteiger partial charge in [0.25, 0.3) is 0 Å². The lowest BCUT2D eigenvalue weighted by molar-refractivity contribution is -0.117. The second kappa shape index (κ2) is 7.05. The molecule has 0 saturated carbocycles. The van der Waals surface area contributed by atoms with E-state index in [1.807, 2.05) is 11.9 Å². The smallest absolute Gasteiger partial charge is 0.238 e.